The average Bonchev–Trinajstić information content (AvgIpc) is 2.78. The number of nitrogens with one attached hydrogen (secondary N) is 1. The third-order valence-electron chi connectivity index (χ3n) is 5.15. The predicted octanol–water partition coefficient (Wildman–Crippen LogP) is 5.44. The first-order valence-electron chi connectivity index (χ1n) is 12.1. The van der Waals surface area contributed by atoms with Gasteiger partial charge in [0.2, 0.25) is 0 Å². The van der Waals surface area contributed by atoms with E-state index in [1.807, 2.05) is 30.3 Å². The number of carbonyl (C=O) groups is 2. The lowest BCUT2D eigenvalue weighted by atomic mass is 9.84. The molecule has 1 aromatic carbocycles. The minimum Gasteiger partial charge on any atom is -0.484 e. The molecule has 0 aromatic heterocycles. The molecule has 0 atom stereocenters. The highest BCUT2D eigenvalue weighted by atomic mass is 16.5. The van der Waals surface area contributed by atoms with Gasteiger partial charge in [0.15, 0.2) is 12.4 Å². The zero-order valence-corrected chi connectivity index (χ0v) is 20.9. The van der Waals surface area contributed by atoms with Crippen LogP contribution in [-0.2, 0) is 9.59 Å². The zero-order chi connectivity index (χ0) is 24.2. The summed E-state index contributed by atoms with van der Waals surface area (Å²) in [6.07, 6.45) is 9.23. The molecule has 1 amide bonds. The molecule has 3 N–H and O–H groups in total. The third-order valence-corrected chi connectivity index (χ3v) is 5.15. The van der Waals surface area contributed by atoms with Crippen LogP contribution in [0.2, 0.25) is 0 Å². The summed E-state index contributed by atoms with van der Waals surface area (Å²) in [6, 6.07) is 9.36. The van der Waals surface area contributed by atoms with Crippen LogP contribution < -0.4 is 15.8 Å². The molecule has 0 aliphatic rings. The second-order valence-corrected chi connectivity index (χ2v) is 8.21. The Morgan fingerprint density at radius 2 is 1.50 bits per heavy atom. The molecule has 0 heterocycles. The highest BCUT2D eigenvalue weighted by Crippen LogP contribution is 2.27. The van der Waals surface area contributed by atoms with Crippen molar-refractivity contribution in [3.8, 4) is 5.75 Å². The van der Waals surface area contributed by atoms with E-state index in [9.17, 15) is 9.59 Å². The number of amidine groups is 1. The van der Waals surface area contributed by atoms with Gasteiger partial charge in [-0.2, -0.15) is 0 Å². The van der Waals surface area contributed by atoms with E-state index < -0.39 is 5.54 Å². The number of aliphatic imine (C=N–C) groups is 1. The van der Waals surface area contributed by atoms with Crippen LogP contribution in [0.25, 0.3) is 0 Å². The SMILES string of the molecule is CCCCC(CCCC)(N=C(C)N)C(C)=O.CCCCCNC(=O)COc1ccccc1. The smallest absolute Gasteiger partial charge is 0.257 e. The second-order valence-electron chi connectivity index (χ2n) is 8.21. The molecule has 32 heavy (non-hydrogen) atoms. The molecular weight excluding hydrogens is 402 g/mol. The Kier molecular flexibility index (Phi) is 16.9. The number of hydrogen-bond acceptors (Lipinski definition) is 4. The maximum Gasteiger partial charge on any atom is 0.257 e. The van der Waals surface area contributed by atoms with Gasteiger partial charge >= 0.3 is 0 Å². The summed E-state index contributed by atoms with van der Waals surface area (Å²) in [7, 11) is 0. The molecule has 0 fully saturated rings. The number of nitrogens with zero attached hydrogens (tertiary/aromatic N) is 1. The van der Waals surface area contributed by atoms with Crippen LogP contribution in [0.4, 0.5) is 0 Å². The maximum atomic E-state index is 11.9. The Hall–Kier alpha value is -2.37. The standard InChI is InChI=1S/C13H26N2O.C13H19NO2/c1-5-7-9-13(11(3)16,10-8-6-2)15-12(4)14;1-2-3-7-10-14-13(15)11-16-12-8-5-4-6-9-12/h5-10H2,1-4H3,(H2,14,15);4-6,8-9H,2-3,7,10-11H2,1H3,(H,14,15). The van der Waals surface area contributed by atoms with E-state index in [1.165, 1.54) is 0 Å². The van der Waals surface area contributed by atoms with Crippen molar-refractivity contribution in [3.05, 3.63) is 30.3 Å². The van der Waals surface area contributed by atoms with Crippen molar-refractivity contribution in [2.24, 2.45) is 10.7 Å². The lowest BCUT2D eigenvalue weighted by Gasteiger charge is -2.27. The quantitative estimate of drug-likeness (QED) is 0.212. The van der Waals surface area contributed by atoms with Crippen molar-refractivity contribution in [3.63, 3.8) is 0 Å². The van der Waals surface area contributed by atoms with Crippen molar-refractivity contribution in [1.29, 1.82) is 0 Å². The monoisotopic (exact) mass is 447 g/mol. The molecule has 0 aliphatic heterocycles. The van der Waals surface area contributed by atoms with E-state index >= 15 is 0 Å². The van der Waals surface area contributed by atoms with Gasteiger partial charge in [0, 0.05) is 6.54 Å². The number of ether oxygens (including phenoxy) is 1. The molecule has 0 saturated carbocycles. The van der Waals surface area contributed by atoms with Crippen LogP contribution in [0.1, 0.15) is 92.4 Å². The maximum absolute atomic E-state index is 11.9. The Bertz CT molecular complexity index is 648. The number of hydrogen-bond donors (Lipinski definition) is 2. The van der Waals surface area contributed by atoms with Crippen molar-refractivity contribution in [2.45, 2.75) is 97.9 Å². The minimum absolute atomic E-state index is 0.0556. The van der Waals surface area contributed by atoms with E-state index in [-0.39, 0.29) is 18.3 Å². The summed E-state index contributed by atoms with van der Waals surface area (Å²) in [5.74, 6) is 1.34. The normalized spacial score (nSPS) is 11.3. The number of benzene rings is 1. The van der Waals surface area contributed by atoms with E-state index in [0.29, 0.717) is 5.84 Å². The van der Waals surface area contributed by atoms with Gasteiger partial charge in [-0.25, -0.2) is 0 Å². The molecule has 0 unspecified atom stereocenters. The Balaban J connectivity index is 0.000000601. The average molecular weight is 448 g/mol. The largest absolute Gasteiger partial charge is 0.484 e. The number of unbranched alkanes of at least 4 members (excludes halogenated alkanes) is 4. The molecule has 6 heteroatoms. The first-order valence-corrected chi connectivity index (χ1v) is 12.1. The van der Waals surface area contributed by atoms with Crippen LogP contribution in [0.5, 0.6) is 5.75 Å². The van der Waals surface area contributed by atoms with E-state index in [4.69, 9.17) is 10.5 Å². The third kappa shape index (κ3) is 13.8. The summed E-state index contributed by atoms with van der Waals surface area (Å²) in [5.41, 5.74) is 5.11. The molecule has 182 valence electrons. The summed E-state index contributed by atoms with van der Waals surface area (Å²) in [6.45, 7) is 10.6. The first kappa shape index (κ1) is 29.6. The van der Waals surface area contributed by atoms with Crippen molar-refractivity contribution in [1.82, 2.24) is 5.32 Å². The summed E-state index contributed by atoms with van der Waals surface area (Å²) in [4.78, 5) is 27.6. The van der Waals surface area contributed by atoms with Crippen LogP contribution in [0.3, 0.4) is 0 Å². The topological polar surface area (TPSA) is 93.8 Å². The molecule has 0 aliphatic carbocycles. The second kappa shape index (κ2) is 18.2. The molecule has 1 rings (SSSR count). The molecule has 0 saturated heterocycles. The summed E-state index contributed by atoms with van der Waals surface area (Å²) in [5, 5.41) is 2.82. The van der Waals surface area contributed by atoms with Crippen LogP contribution in [0, 0.1) is 0 Å². The number of amides is 1. The minimum atomic E-state index is -0.551. The van der Waals surface area contributed by atoms with E-state index in [2.05, 4.69) is 31.1 Å². The van der Waals surface area contributed by atoms with Crippen molar-refractivity contribution < 1.29 is 14.3 Å². The van der Waals surface area contributed by atoms with Gasteiger partial charge in [0.25, 0.3) is 5.91 Å². The number of nitrogens with two attached hydrogens (primary N) is 1. The van der Waals surface area contributed by atoms with Crippen LogP contribution in [-0.4, -0.2) is 36.2 Å². The van der Waals surface area contributed by atoms with E-state index in [0.717, 1.165) is 70.1 Å². The number of Topliss-reactive ketones (excluding diaryl/α,β-unsaturated/α-hetero) is 1. The molecule has 0 spiro atoms. The van der Waals surface area contributed by atoms with Gasteiger partial charge in [0.05, 0.1) is 5.84 Å². The molecular formula is C26H45N3O3. The molecule has 0 radical (unpaired) electrons. The number of carbonyl (C=O) groups excluding carboxylic acids is 2. The molecule has 1 aromatic rings. The highest BCUT2D eigenvalue weighted by Gasteiger charge is 2.33. The Morgan fingerprint density at radius 3 is 1.97 bits per heavy atom. The Morgan fingerprint density at radius 1 is 0.938 bits per heavy atom. The fourth-order valence-corrected chi connectivity index (χ4v) is 3.26. The van der Waals surface area contributed by atoms with E-state index in [1.54, 1.807) is 13.8 Å². The van der Waals surface area contributed by atoms with Gasteiger partial charge in [-0.1, -0.05) is 77.5 Å². The van der Waals surface area contributed by atoms with Crippen LogP contribution in [0.15, 0.2) is 35.3 Å². The summed E-state index contributed by atoms with van der Waals surface area (Å²) >= 11 is 0. The van der Waals surface area contributed by atoms with Crippen molar-refractivity contribution >= 4 is 17.5 Å². The van der Waals surface area contributed by atoms with Gasteiger partial charge in [-0.3, -0.25) is 14.6 Å². The van der Waals surface area contributed by atoms with Gasteiger partial charge in [-0.05, 0) is 45.2 Å². The lowest BCUT2D eigenvalue weighted by molar-refractivity contribution is -0.123. The van der Waals surface area contributed by atoms with Gasteiger partial charge in [0.1, 0.15) is 11.3 Å². The lowest BCUT2D eigenvalue weighted by Crippen LogP contribution is -2.37. The van der Waals surface area contributed by atoms with Crippen molar-refractivity contribution in [2.75, 3.05) is 13.2 Å². The Labute approximate surface area is 195 Å². The fraction of sp³-hybridized carbons (Fsp3) is 0.654. The summed E-state index contributed by atoms with van der Waals surface area (Å²) < 4.78 is 5.31. The van der Waals surface area contributed by atoms with Crippen LogP contribution >= 0.6 is 0 Å². The predicted molar refractivity (Wildman–Crippen MR) is 134 cm³/mol. The fourth-order valence-electron chi connectivity index (χ4n) is 3.26. The number of para-hydroxylation sites is 1. The number of rotatable bonds is 15. The van der Waals surface area contributed by atoms with Gasteiger partial charge < -0.3 is 15.8 Å². The first-order chi connectivity index (χ1) is 15.3. The molecule has 6 nitrogen and oxygen atoms in total. The zero-order valence-electron chi connectivity index (χ0n) is 20.9. The highest BCUT2D eigenvalue weighted by molar-refractivity contribution is 5.90. The molecule has 0 bridgehead atoms. The van der Waals surface area contributed by atoms with Gasteiger partial charge in [-0.15, -0.1) is 0 Å². The number of ketones is 1.